The molecule has 0 heterocycles. The van der Waals surface area contributed by atoms with E-state index in [0.29, 0.717) is 30.4 Å². The molecule has 2 unspecified atom stereocenters. The zero-order valence-electron chi connectivity index (χ0n) is 20.6. The maximum absolute atomic E-state index is 12.4. The number of para-hydroxylation sites is 1. The molecule has 2 amide bonds. The smallest absolute Gasteiger partial charge is 0.407 e. The molecule has 3 N–H and O–H groups in total. The molecule has 1 aliphatic rings. The summed E-state index contributed by atoms with van der Waals surface area (Å²) in [6, 6.07) is 16.8. The van der Waals surface area contributed by atoms with E-state index in [1.807, 2.05) is 75.4 Å². The van der Waals surface area contributed by atoms with Gasteiger partial charge in [0.05, 0.1) is 6.54 Å². The van der Waals surface area contributed by atoms with Gasteiger partial charge in [0.25, 0.3) is 0 Å². The first-order valence-electron chi connectivity index (χ1n) is 11.9. The van der Waals surface area contributed by atoms with Crippen LogP contribution in [0.3, 0.4) is 0 Å². The van der Waals surface area contributed by atoms with Gasteiger partial charge in [-0.1, -0.05) is 31.5 Å². The van der Waals surface area contributed by atoms with Gasteiger partial charge in [-0.25, -0.2) is 4.79 Å². The van der Waals surface area contributed by atoms with Crippen LogP contribution in [-0.4, -0.2) is 47.2 Å². The van der Waals surface area contributed by atoms with Crippen LogP contribution in [0, 0.1) is 11.3 Å². The van der Waals surface area contributed by atoms with E-state index < -0.39 is 11.6 Å². The molecule has 184 valence electrons. The lowest BCUT2D eigenvalue weighted by molar-refractivity contribution is -0.115. The third-order valence-electron chi connectivity index (χ3n) is 6.64. The molecule has 1 fully saturated rings. The van der Waals surface area contributed by atoms with Gasteiger partial charge in [0.2, 0.25) is 5.91 Å². The zero-order valence-corrected chi connectivity index (χ0v) is 20.6. The summed E-state index contributed by atoms with van der Waals surface area (Å²) in [5.74, 6) is 1.67. The Kier molecular flexibility index (Phi) is 8.20. The van der Waals surface area contributed by atoms with Crippen LogP contribution in [0.5, 0.6) is 11.5 Å². The fourth-order valence-electron chi connectivity index (χ4n) is 4.61. The van der Waals surface area contributed by atoms with E-state index in [1.54, 1.807) is 4.90 Å². The zero-order chi connectivity index (χ0) is 24.8. The minimum atomic E-state index is -0.883. The second kappa shape index (κ2) is 10.9. The number of rotatable bonds is 9. The first-order valence-corrected chi connectivity index (χ1v) is 11.9. The van der Waals surface area contributed by atoms with E-state index in [1.165, 1.54) is 0 Å². The lowest BCUT2D eigenvalue weighted by Crippen LogP contribution is -2.51. The predicted octanol–water partition coefficient (Wildman–Crippen LogP) is 5.59. The van der Waals surface area contributed by atoms with Gasteiger partial charge in [0, 0.05) is 17.8 Å². The average molecular weight is 468 g/mol. The van der Waals surface area contributed by atoms with E-state index in [4.69, 9.17) is 4.74 Å². The molecular weight excluding hydrogens is 430 g/mol. The number of nitrogens with one attached hydrogen (secondary N) is 2. The minimum Gasteiger partial charge on any atom is -0.465 e. The monoisotopic (exact) mass is 467 g/mol. The molecule has 0 bridgehead atoms. The number of benzene rings is 2. The highest BCUT2D eigenvalue weighted by Gasteiger charge is 2.42. The number of carboxylic acid groups (broad SMARTS) is 1. The van der Waals surface area contributed by atoms with Crippen LogP contribution >= 0.6 is 0 Å². The van der Waals surface area contributed by atoms with Crippen LogP contribution in [0.1, 0.15) is 47.0 Å². The maximum Gasteiger partial charge on any atom is 0.407 e. The van der Waals surface area contributed by atoms with Crippen LogP contribution in [-0.2, 0) is 4.79 Å². The Labute approximate surface area is 202 Å². The van der Waals surface area contributed by atoms with Gasteiger partial charge < -0.3 is 25.4 Å². The van der Waals surface area contributed by atoms with Crippen molar-refractivity contribution in [3.8, 4) is 11.5 Å². The highest BCUT2D eigenvalue weighted by atomic mass is 16.5. The van der Waals surface area contributed by atoms with Crippen LogP contribution in [0.2, 0.25) is 0 Å². The second-order valence-corrected chi connectivity index (χ2v) is 10.4. The van der Waals surface area contributed by atoms with Crippen molar-refractivity contribution in [2.75, 3.05) is 25.0 Å². The largest absolute Gasteiger partial charge is 0.465 e. The molecule has 1 aliphatic carbocycles. The maximum atomic E-state index is 12.4. The number of anilines is 1. The number of nitrogens with zero attached hydrogens (tertiary/aromatic N) is 1. The Hall–Kier alpha value is -3.06. The Morgan fingerprint density at radius 2 is 1.74 bits per heavy atom. The van der Waals surface area contributed by atoms with Crippen LogP contribution in [0.4, 0.5) is 10.5 Å². The van der Waals surface area contributed by atoms with Gasteiger partial charge in [-0.05, 0) is 87.9 Å². The Bertz CT molecular complexity index is 956. The standard InChI is InChI=1S/C27H37N3O4/c1-26(2,3)30(25(32)33)19-27(4)16-8-9-20(27)17-28-18-24(31)29-21-12-14-23(15-13-21)34-22-10-6-5-7-11-22/h5-7,10-15,20,28H,8-9,16-19H2,1-4H3,(H,29,31)(H,32,33). The summed E-state index contributed by atoms with van der Waals surface area (Å²) in [6.07, 6.45) is 2.21. The Morgan fingerprint density at radius 1 is 1.09 bits per heavy atom. The van der Waals surface area contributed by atoms with Crippen LogP contribution in [0.15, 0.2) is 54.6 Å². The Balaban J connectivity index is 1.47. The molecule has 34 heavy (non-hydrogen) atoms. The highest BCUT2D eigenvalue weighted by Crippen LogP contribution is 2.44. The number of amides is 2. The lowest BCUT2D eigenvalue weighted by Gasteiger charge is -2.42. The molecule has 0 aliphatic heterocycles. The quantitative estimate of drug-likeness (QED) is 0.447. The number of hydrogen-bond acceptors (Lipinski definition) is 4. The molecule has 7 heteroatoms. The molecule has 0 spiro atoms. The summed E-state index contributed by atoms with van der Waals surface area (Å²) >= 11 is 0. The van der Waals surface area contributed by atoms with E-state index >= 15 is 0 Å². The van der Waals surface area contributed by atoms with Crippen molar-refractivity contribution < 1.29 is 19.4 Å². The van der Waals surface area contributed by atoms with Crippen molar-refractivity contribution in [1.29, 1.82) is 0 Å². The summed E-state index contributed by atoms with van der Waals surface area (Å²) < 4.78 is 5.78. The van der Waals surface area contributed by atoms with Gasteiger partial charge in [0.1, 0.15) is 11.5 Å². The molecule has 3 rings (SSSR count). The summed E-state index contributed by atoms with van der Waals surface area (Å²) in [7, 11) is 0. The van der Waals surface area contributed by atoms with Crippen LogP contribution < -0.4 is 15.4 Å². The van der Waals surface area contributed by atoms with Gasteiger partial charge in [-0.3, -0.25) is 4.79 Å². The van der Waals surface area contributed by atoms with Crippen molar-refractivity contribution in [2.45, 2.75) is 52.5 Å². The predicted molar refractivity (Wildman–Crippen MR) is 134 cm³/mol. The number of carbonyl (C=O) groups is 2. The van der Waals surface area contributed by atoms with Gasteiger partial charge in [0.15, 0.2) is 0 Å². The molecule has 2 aromatic carbocycles. The lowest BCUT2D eigenvalue weighted by atomic mass is 9.78. The van der Waals surface area contributed by atoms with Gasteiger partial charge in [-0.2, -0.15) is 0 Å². The topological polar surface area (TPSA) is 90.9 Å². The SMILES string of the molecule is CC1(CN(C(=O)O)C(C)(C)C)CCCC1CNCC(=O)Nc1ccc(Oc2ccccc2)cc1. The molecular formula is C27H37N3O4. The first-order chi connectivity index (χ1) is 16.1. The van der Waals surface area contributed by atoms with Gasteiger partial charge in [-0.15, -0.1) is 0 Å². The average Bonchev–Trinajstić information content (AvgIpc) is 3.14. The second-order valence-electron chi connectivity index (χ2n) is 10.4. The molecule has 0 saturated heterocycles. The van der Waals surface area contributed by atoms with Crippen molar-refractivity contribution in [3.05, 3.63) is 54.6 Å². The molecule has 0 radical (unpaired) electrons. The number of ether oxygens (including phenoxy) is 1. The van der Waals surface area contributed by atoms with Crippen molar-refractivity contribution >= 4 is 17.7 Å². The Morgan fingerprint density at radius 3 is 2.35 bits per heavy atom. The van der Waals surface area contributed by atoms with Crippen molar-refractivity contribution in [3.63, 3.8) is 0 Å². The van der Waals surface area contributed by atoms with E-state index in [-0.39, 0.29) is 17.9 Å². The third-order valence-corrected chi connectivity index (χ3v) is 6.64. The molecule has 2 aromatic rings. The fraction of sp³-hybridized carbons (Fsp3) is 0.481. The third kappa shape index (κ3) is 6.97. The molecule has 2 atom stereocenters. The minimum absolute atomic E-state index is 0.107. The summed E-state index contributed by atoms with van der Waals surface area (Å²) in [6.45, 7) is 9.35. The highest BCUT2D eigenvalue weighted by molar-refractivity contribution is 5.92. The van der Waals surface area contributed by atoms with E-state index in [9.17, 15) is 14.7 Å². The summed E-state index contributed by atoms with van der Waals surface area (Å²) in [4.78, 5) is 25.8. The molecule has 7 nitrogen and oxygen atoms in total. The van der Waals surface area contributed by atoms with Crippen LogP contribution in [0.25, 0.3) is 0 Å². The number of carbonyl (C=O) groups excluding carboxylic acids is 1. The van der Waals surface area contributed by atoms with Gasteiger partial charge >= 0.3 is 6.09 Å². The van der Waals surface area contributed by atoms with Crippen molar-refractivity contribution in [2.24, 2.45) is 11.3 Å². The first kappa shape index (κ1) is 25.6. The molecule has 0 aromatic heterocycles. The summed E-state index contributed by atoms with van der Waals surface area (Å²) in [5.41, 5.74) is 0.154. The fourth-order valence-corrected chi connectivity index (χ4v) is 4.61. The summed E-state index contributed by atoms with van der Waals surface area (Å²) in [5, 5.41) is 15.9. The number of hydrogen-bond donors (Lipinski definition) is 3. The van der Waals surface area contributed by atoms with E-state index in [0.717, 1.165) is 25.0 Å². The normalized spacial score (nSPS) is 20.1. The van der Waals surface area contributed by atoms with Crippen molar-refractivity contribution in [1.82, 2.24) is 10.2 Å². The molecule has 1 saturated carbocycles. The van der Waals surface area contributed by atoms with E-state index in [2.05, 4.69) is 17.6 Å².